The fraction of sp³-hybridized carbons (Fsp3) is 0.304. The van der Waals surface area contributed by atoms with Gasteiger partial charge in [-0.15, -0.1) is 0 Å². The van der Waals surface area contributed by atoms with Crippen molar-refractivity contribution in [1.29, 1.82) is 0 Å². The molecule has 2 aromatic rings. The molecule has 2 nitrogen and oxygen atoms in total. The molecule has 2 heteroatoms. The molecule has 2 atom stereocenters. The zero-order valence-corrected chi connectivity index (χ0v) is 14.7. The van der Waals surface area contributed by atoms with Crippen LogP contribution in [0.1, 0.15) is 37.0 Å². The molecule has 0 saturated heterocycles. The third-order valence-corrected chi connectivity index (χ3v) is 5.86. The summed E-state index contributed by atoms with van der Waals surface area (Å²) in [6, 6.07) is 12.9. The molecule has 1 aliphatic carbocycles. The van der Waals surface area contributed by atoms with Gasteiger partial charge in [-0.05, 0) is 41.5 Å². The van der Waals surface area contributed by atoms with E-state index in [2.05, 4.69) is 79.7 Å². The van der Waals surface area contributed by atoms with Gasteiger partial charge in [-0.2, -0.15) is 0 Å². The SMILES string of the molecule is CC(C)Cc1cccc(-c2ccc3c(c2O)[C@]24CC2C=CN4C=C3)c1. The first-order valence-electron chi connectivity index (χ1n) is 9.20. The van der Waals surface area contributed by atoms with Gasteiger partial charge in [0.1, 0.15) is 5.75 Å². The molecule has 1 fully saturated rings. The largest absolute Gasteiger partial charge is 0.507 e. The van der Waals surface area contributed by atoms with E-state index in [4.69, 9.17) is 0 Å². The normalized spacial score (nSPS) is 25.1. The van der Waals surface area contributed by atoms with Crippen LogP contribution in [0.3, 0.4) is 0 Å². The Morgan fingerprint density at radius 1 is 1.20 bits per heavy atom. The third-order valence-electron chi connectivity index (χ3n) is 5.86. The van der Waals surface area contributed by atoms with Crippen LogP contribution < -0.4 is 0 Å². The predicted molar refractivity (Wildman–Crippen MR) is 102 cm³/mol. The molecule has 1 saturated carbocycles. The minimum absolute atomic E-state index is 0.0281. The summed E-state index contributed by atoms with van der Waals surface area (Å²) in [6.07, 6.45) is 10.9. The lowest BCUT2D eigenvalue weighted by Gasteiger charge is -2.32. The number of benzene rings is 2. The molecular weight excluding hydrogens is 306 g/mol. The summed E-state index contributed by atoms with van der Waals surface area (Å²) in [7, 11) is 0. The van der Waals surface area contributed by atoms with Crippen molar-refractivity contribution in [3.8, 4) is 16.9 Å². The van der Waals surface area contributed by atoms with Crippen LogP contribution in [0.4, 0.5) is 0 Å². The summed E-state index contributed by atoms with van der Waals surface area (Å²) in [5.41, 5.74) is 5.63. The van der Waals surface area contributed by atoms with Crippen LogP contribution >= 0.6 is 0 Å². The van der Waals surface area contributed by atoms with Gasteiger partial charge in [-0.3, -0.25) is 0 Å². The molecule has 1 N–H and O–H groups in total. The second-order valence-electron chi connectivity index (χ2n) is 8.02. The van der Waals surface area contributed by atoms with E-state index in [1.165, 1.54) is 5.56 Å². The van der Waals surface area contributed by atoms with Crippen molar-refractivity contribution >= 4 is 6.08 Å². The number of rotatable bonds is 3. The highest BCUT2D eigenvalue weighted by Gasteiger charge is 2.62. The fourth-order valence-corrected chi connectivity index (χ4v) is 4.66. The van der Waals surface area contributed by atoms with E-state index in [1.807, 2.05) is 0 Å². The molecule has 2 heterocycles. The van der Waals surface area contributed by atoms with E-state index in [1.54, 1.807) is 0 Å². The number of phenolic OH excluding ortho intramolecular Hbond substituents is 1. The quantitative estimate of drug-likeness (QED) is 0.827. The van der Waals surface area contributed by atoms with Gasteiger partial charge in [0.15, 0.2) is 0 Å². The fourth-order valence-electron chi connectivity index (χ4n) is 4.66. The average Bonchev–Trinajstić information content (AvgIpc) is 3.17. The van der Waals surface area contributed by atoms with Crippen molar-refractivity contribution in [2.75, 3.05) is 0 Å². The van der Waals surface area contributed by atoms with Crippen molar-refractivity contribution in [3.63, 3.8) is 0 Å². The summed E-state index contributed by atoms with van der Waals surface area (Å²) in [4.78, 5) is 2.28. The van der Waals surface area contributed by atoms with Gasteiger partial charge in [0.25, 0.3) is 0 Å². The second-order valence-corrected chi connectivity index (χ2v) is 8.02. The summed E-state index contributed by atoms with van der Waals surface area (Å²) >= 11 is 0. The Balaban J connectivity index is 1.63. The lowest BCUT2D eigenvalue weighted by molar-refractivity contribution is 0.336. The Labute approximate surface area is 149 Å². The number of phenols is 1. The van der Waals surface area contributed by atoms with Gasteiger partial charge in [-0.1, -0.05) is 56.3 Å². The Hall–Kier alpha value is -2.48. The lowest BCUT2D eigenvalue weighted by atomic mass is 9.88. The zero-order valence-electron chi connectivity index (χ0n) is 14.7. The molecule has 1 spiro atoms. The van der Waals surface area contributed by atoms with Gasteiger partial charge < -0.3 is 10.0 Å². The molecule has 126 valence electrons. The van der Waals surface area contributed by atoms with Crippen LogP contribution in [0.5, 0.6) is 5.75 Å². The molecule has 5 rings (SSSR count). The summed E-state index contributed by atoms with van der Waals surface area (Å²) in [5, 5.41) is 11.2. The first-order chi connectivity index (χ1) is 12.1. The molecule has 3 aliphatic rings. The van der Waals surface area contributed by atoms with Gasteiger partial charge >= 0.3 is 0 Å². The van der Waals surface area contributed by atoms with Crippen LogP contribution in [-0.2, 0) is 12.0 Å². The van der Waals surface area contributed by atoms with E-state index in [0.717, 1.165) is 35.1 Å². The van der Waals surface area contributed by atoms with Gasteiger partial charge in [0.2, 0.25) is 0 Å². The summed E-state index contributed by atoms with van der Waals surface area (Å²) < 4.78 is 0. The van der Waals surface area contributed by atoms with Crippen molar-refractivity contribution in [1.82, 2.24) is 4.90 Å². The van der Waals surface area contributed by atoms with Crippen molar-refractivity contribution in [2.45, 2.75) is 32.2 Å². The molecule has 0 radical (unpaired) electrons. The Morgan fingerprint density at radius 3 is 2.88 bits per heavy atom. The number of nitrogens with zero attached hydrogens (tertiary/aromatic N) is 1. The average molecular weight is 329 g/mol. The minimum atomic E-state index is -0.0281. The van der Waals surface area contributed by atoms with E-state index in [-0.39, 0.29) is 5.54 Å². The second kappa shape index (κ2) is 5.01. The zero-order chi connectivity index (χ0) is 17.2. The van der Waals surface area contributed by atoms with Crippen LogP contribution in [0.15, 0.2) is 54.9 Å². The number of hydrogen-bond donors (Lipinski definition) is 1. The molecule has 1 unspecified atom stereocenters. The maximum Gasteiger partial charge on any atom is 0.129 e. The lowest BCUT2D eigenvalue weighted by Crippen LogP contribution is -2.28. The Bertz CT molecular complexity index is 924. The van der Waals surface area contributed by atoms with Crippen LogP contribution in [0, 0.1) is 11.8 Å². The minimum Gasteiger partial charge on any atom is -0.507 e. The Kier molecular flexibility index (Phi) is 2.97. The van der Waals surface area contributed by atoms with Crippen LogP contribution in [-0.4, -0.2) is 10.0 Å². The summed E-state index contributed by atoms with van der Waals surface area (Å²) in [6.45, 7) is 4.48. The van der Waals surface area contributed by atoms with Gasteiger partial charge in [-0.25, -0.2) is 0 Å². The predicted octanol–water partition coefficient (Wildman–Crippen LogP) is 5.29. The van der Waals surface area contributed by atoms with Gasteiger partial charge in [0, 0.05) is 29.4 Å². The first-order valence-corrected chi connectivity index (χ1v) is 9.20. The highest BCUT2D eigenvalue weighted by molar-refractivity contribution is 5.79. The van der Waals surface area contributed by atoms with Crippen molar-refractivity contribution in [3.05, 3.63) is 71.6 Å². The Morgan fingerprint density at radius 2 is 2.08 bits per heavy atom. The smallest absolute Gasteiger partial charge is 0.129 e. The molecule has 25 heavy (non-hydrogen) atoms. The highest BCUT2D eigenvalue weighted by Crippen LogP contribution is 2.65. The molecule has 0 aromatic heterocycles. The number of aromatic hydroxyl groups is 1. The van der Waals surface area contributed by atoms with E-state index in [9.17, 15) is 5.11 Å². The number of fused-ring (bicyclic) bond motifs is 1. The summed E-state index contributed by atoms with van der Waals surface area (Å²) in [5.74, 6) is 1.62. The van der Waals surface area contributed by atoms with E-state index in [0.29, 0.717) is 17.6 Å². The highest BCUT2D eigenvalue weighted by atomic mass is 16.3. The maximum atomic E-state index is 11.2. The first kappa shape index (κ1) is 14.8. The third kappa shape index (κ3) is 2.03. The van der Waals surface area contributed by atoms with Crippen LogP contribution in [0.25, 0.3) is 17.2 Å². The molecular formula is C23H23NO. The maximum absolute atomic E-state index is 11.2. The van der Waals surface area contributed by atoms with Crippen molar-refractivity contribution in [2.24, 2.45) is 11.8 Å². The monoisotopic (exact) mass is 329 g/mol. The topological polar surface area (TPSA) is 23.5 Å². The number of hydrogen-bond acceptors (Lipinski definition) is 2. The van der Waals surface area contributed by atoms with Gasteiger partial charge in [0.05, 0.1) is 5.54 Å². The molecule has 2 aliphatic heterocycles. The van der Waals surface area contributed by atoms with E-state index < -0.39 is 0 Å². The van der Waals surface area contributed by atoms with E-state index >= 15 is 0 Å². The van der Waals surface area contributed by atoms with Crippen LogP contribution in [0.2, 0.25) is 0 Å². The standard InChI is InChI=1S/C23H23NO/c1-15(2)12-16-4-3-5-18(13-16)20-7-6-17-8-10-24-11-9-19-14-23(19,24)21(17)22(20)25/h3-11,13,15,19,25H,12,14H2,1-2H3/t19?,23-/m0/s1. The van der Waals surface area contributed by atoms with Crippen molar-refractivity contribution < 1.29 is 5.11 Å². The molecule has 2 aromatic carbocycles. The molecule has 0 amide bonds. The molecule has 0 bridgehead atoms.